The molecule has 7 heteroatoms. The SMILES string of the molecule is CC[C@@H](C(=O)Nc1cccc(Cl)c1)N(c1ccccc1)S(C)(=O)=O. The number of rotatable bonds is 6. The number of halogens is 1. The number of anilines is 2. The summed E-state index contributed by atoms with van der Waals surface area (Å²) in [5.74, 6) is -0.408. The van der Waals surface area contributed by atoms with Crippen molar-refractivity contribution in [3.05, 3.63) is 59.6 Å². The molecule has 0 unspecified atom stereocenters. The lowest BCUT2D eigenvalue weighted by molar-refractivity contribution is -0.117. The molecule has 0 aromatic heterocycles. The molecule has 0 fully saturated rings. The average molecular weight is 367 g/mol. The number of carbonyl (C=O) groups excluding carboxylic acids is 1. The second kappa shape index (κ2) is 7.68. The van der Waals surface area contributed by atoms with Gasteiger partial charge < -0.3 is 5.32 Å². The van der Waals surface area contributed by atoms with Crippen LogP contribution < -0.4 is 9.62 Å². The molecule has 0 saturated heterocycles. The fourth-order valence-corrected chi connectivity index (χ4v) is 3.83. The molecule has 0 aliphatic heterocycles. The second-order valence-electron chi connectivity index (χ2n) is 5.32. The standard InChI is InChI=1S/C17H19ClN2O3S/c1-3-16(17(21)19-14-9-7-8-13(18)12-14)20(24(2,22)23)15-10-5-4-6-11-15/h4-12,16H,3H2,1-2H3,(H,19,21)/t16-/m0/s1. The van der Waals surface area contributed by atoms with E-state index in [0.29, 0.717) is 22.8 Å². The molecular formula is C17H19ClN2O3S. The van der Waals surface area contributed by atoms with Crippen LogP contribution in [0.2, 0.25) is 5.02 Å². The Morgan fingerprint density at radius 2 is 1.83 bits per heavy atom. The van der Waals surface area contributed by atoms with Crippen molar-refractivity contribution in [3.8, 4) is 0 Å². The third-order valence-electron chi connectivity index (χ3n) is 3.43. The number of para-hydroxylation sites is 1. The summed E-state index contributed by atoms with van der Waals surface area (Å²) in [7, 11) is -3.63. The molecule has 2 aromatic carbocycles. The highest BCUT2D eigenvalue weighted by molar-refractivity contribution is 7.92. The van der Waals surface area contributed by atoms with Crippen molar-refractivity contribution < 1.29 is 13.2 Å². The molecule has 5 nitrogen and oxygen atoms in total. The Morgan fingerprint density at radius 1 is 1.17 bits per heavy atom. The number of benzene rings is 2. The topological polar surface area (TPSA) is 66.5 Å². The van der Waals surface area contributed by atoms with E-state index in [1.54, 1.807) is 61.5 Å². The van der Waals surface area contributed by atoms with Gasteiger partial charge in [-0.05, 0) is 36.8 Å². The Morgan fingerprint density at radius 3 is 2.38 bits per heavy atom. The Kier molecular flexibility index (Phi) is 5.85. The van der Waals surface area contributed by atoms with Crippen LogP contribution in [0.25, 0.3) is 0 Å². The van der Waals surface area contributed by atoms with Crippen LogP contribution in [0.5, 0.6) is 0 Å². The maximum Gasteiger partial charge on any atom is 0.248 e. The Bertz CT molecular complexity index is 810. The monoisotopic (exact) mass is 366 g/mol. The largest absolute Gasteiger partial charge is 0.324 e. The molecule has 2 rings (SSSR count). The van der Waals surface area contributed by atoms with Crippen LogP contribution in [-0.2, 0) is 14.8 Å². The van der Waals surface area contributed by atoms with E-state index in [1.165, 1.54) is 0 Å². The lowest BCUT2D eigenvalue weighted by Gasteiger charge is -2.30. The minimum Gasteiger partial charge on any atom is -0.324 e. The number of nitrogens with zero attached hydrogens (tertiary/aromatic N) is 1. The van der Waals surface area contributed by atoms with Crippen LogP contribution in [-0.4, -0.2) is 26.6 Å². The van der Waals surface area contributed by atoms with E-state index in [0.717, 1.165) is 10.6 Å². The van der Waals surface area contributed by atoms with Gasteiger partial charge in [-0.1, -0.05) is 42.8 Å². The quantitative estimate of drug-likeness (QED) is 0.850. The van der Waals surface area contributed by atoms with Gasteiger partial charge in [0, 0.05) is 10.7 Å². The van der Waals surface area contributed by atoms with E-state index < -0.39 is 22.0 Å². The number of sulfonamides is 1. The minimum absolute atomic E-state index is 0.328. The number of carbonyl (C=O) groups is 1. The van der Waals surface area contributed by atoms with Gasteiger partial charge in [0.25, 0.3) is 0 Å². The van der Waals surface area contributed by atoms with Gasteiger partial charge in [-0.15, -0.1) is 0 Å². The molecule has 0 radical (unpaired) electrons. The van der Waals surface area contributed by atoms with Crippen LogP contribution in [0.15, 0.2) is 54.6 Å². The highest BCUT2D eigenvalue weighted by Crippen LogP contribution is 2.23. The van der Waals surface area contributed by atoms with E-state index >= 15 is 0 Å². The van der Waals surface area contributed by atoms with Gasteiger partial charge in [-0.2, -0.15) is 0 Å². The molecule has 128 valence electrons. The first-order valence-corrected chi connectivity index (χ1v) is 9.66. The summed E-state index contributed by atoms with van der Waals surface area (Å²) >= 11 is 5.92. The molecule has 0 saturated carbocycles. The first-order valence-electron chi connectivity index (χ1n) is 7.44. The molecule has 24 heavy (non-hydrogen) atoms. The highest BCUT2D eigenvalue weighted by atomic mass is 35.5. The lowest BCUT2D eigenvalue weighted by Crippen LogP contribution is -2.46. The summed E-state index contributed by atoms with van der Waals surface area (Å²) in [4.78, 5) is 12.7. The Balaban J connectivity index is 2.34. The molecule has 0 aliphatic rings. The van der Waals surface area contributed by atoms with Crippen molar-refractivity contribution in [2.45, 2.75) is 19.4 Å². The zero-order chi connectivity index (χ0) is 17.7. The normalized spacial score (nSPS) is 12.5. The molecule has 1 atom stereocenters. The van der Waals surface area contributed by atoms with Crippen molar-refractivity contribution in [1.82, 2.24) is 0 Å². The Hall–Kier alpha value is -2.05. The summed E-state index contributed by atoms with van der Waals surface area (Å²) in [6, 6.07) is 14.4. The van der Waals surface area contributed by atoms with Crippen molar-refractivity contribution in [3.63, 3.8) is 0 Å². The van der Waals surface area contributed by atoms with Gasteiger partial charge in [0.15, 0.2) is 0 Å². The minimum atomic E-state index is -3.63. The van der Waals surface area contributed by atoms with E-state index in [2.05, 4.69) is 5.32 Å². The first-order chi connectivity index (χ1) is 11.3. The molecular weight excluding hydrogens is 348 g/mol. The van der Waals surface area contributed by atoms with Gasteiger partial charge in [-0.25, -0.2) is 8.42 Å². The maximum absolute atomic E-state index is 12.7. The van der Waals surface area contributed by atoms with E-state index in [-0.39, 0.29) is 0 Å². The molecule has 2 aromatic rings. The zero-order valence-corrected chi connectivity index (χ0v) is 15.0. The average Bonchev–Trinajstić information content (AvgIpc) is 2.52. The number of amides is 1. The third-order valence-corrected chi connectivity index (χ3v) is 4.85. The van der Waals surface area contributed by atoms with Crippen molar-refractivity contribution in [1.29, 1.82) is 0 Å². The number of hydrogen-bond donors (Lipinski definition) is 1. The van der Waals surface area contributed by atoms with Crippen LogP contribution in [0.3, 0.4) is 0 Å². The summed E-state index contributed by atoms with van der Waals surface area (Å²) in [6.07, 6.45) is 1.42. The van der Waals surface area contributed by atoms with Gasteiger partial charge >= 0.3 is 0 Å². The number of hydrogen-bond acceptors (Lipinski definition) is 3. The fraction of sp³-hybridized carbons (Fsp3) is 0.235. The van der Waals surface area contributed by atoms with Crippen molar-refractivity contribution >= 4 is 38.9 Å². The summed E-state index contributed by atoms with van der Waals surface area (Å²) in [5, 5.41) is 3.22. The molecule has 1 amide bonds. The van der Waals surface area contributed by atoms with E-state index in [1.807, 2.05) is 0 Å². The molecule has 0 heterocycles. The molecule has 0 bridgehead atoms. The van der Waals surface area contributed by atoms with Gasteiger partial charge in [-0.3, -0.25) is 9.10 Å². The predicted molar refractivity (Wildman–Crippen MR) is 97.9 cm³/mol. The Labute approximate surface area is 147 Å². The van der Waals surface area contributed by atoms with Crippen molar-refractivity contribution in [2.75, 3.05) is 15.9 Å². The third kappa shape index (κ3) is 4.49. The summed E-state index contributed by atoms with van der Waals surface area (Å²) in [5.41, 5.74) is 0.973. The summed E-state index contributed by atoms with van der Waals surface area (Å²) in [6.45, 7) is 1.77. The van der Waals surface area contributed by atoms with Crippen LogP contribution >= 0.6 is 11.6 Å². The van der Waals surface area contributed by atoms with E-state index in [4.69, 9.17) is 11.6 Å². The van der Waals surface area contributed by atoms with Gasteiger partial charge in [0.2, 0.25) is 15.9 Å². The van der Waals surface area contributed by atoms with Crippen molar-refractivity contribution in [2.24, 2.45) is 0 Å². The van der Waals surface area contributed by atoms with Crippen LogP contribution in [0.4, 0.5) is 11.4 Å². The zero-order valence-electron chi connectivity index (χ0n) is 13.4. The maximum atomic E-state index is 12.7. The lowest BCUT2D eigenvalue weighted by atomic mass is 10.2. The van der Waals surface area contributed by atoms with Crippen LogP contribution in [0, 0.1) is 0 Å². The predicted octanol–water partition coefficient (Wildman–Crippen LogP) is 3.52. The van der Waals surface area contributed by atoms with E-state index in [9.17, 15) is 13.2 Å². The molecule has 0 spiro atoms. The highest BCUT2D eigenvalue weighted by Gasteiger charge is 2.31. The van der Waals surface area contributed by atoms with Crippen LogP contribution in [0.1, 0.15) is 13.3 Å². The summed E-state index contributed by atoms with van der Waals surface area (Å²) < 4.78 is 25.7. The smallest absolute Gasteiger partial charge is 0.248 e. The fourth-order valence-electron chi connectivity index (χ4n) is 2.43. The first kappa shape index (κ1) is 18.3. The van der Waals surface area contributed by atoms with Gasteiger partial charge in [0.05, 0.1) is 11.9 Å². The number of nitrogens with one attached hydrogen (secondary N) is 1. The second-order valence-corrected chi connectivity index (χ2v) is 7.61. The molecule has 0 aliphatic carbocycles. The molecule has 1 N–H and O–H groups in total. The van der Waals surface area contributed by atoms with Gasteiger partial charge in [0.1, 0.15) is 6.04 Å².